The van der Waals surface area contributed by atoms with Crippen LogP contribution in [0.3, 0.4) is 0 Å². The van der Waals surface area contributed by atoms with E-state index in [0.717, 1.165) is 18.4 Å². The second kappa shape index (κ2) is 7.75. The average Bonchev–Trinajstić information content (AvgIpc) is 2.94. The third-order valence-corrected chi connectivity index (χ3v) is 6.74. The predicted molar refractivity (Wildman–Crippen MR) is 102 cm³/mol. The predicted octanol–water partition coefficient (Wildman–Crippen LogP) is 1.35. The number of hydrazine groups is 1. The molecule has 166 valence electrons. The smallest absolute Gasteiger partial charge is 0.444 e. The van der Waals surface area contributed by atoms with Gasteiger partial charge in [0, 0.05) is 6.26 Å². The number of nitrogens with zero attached hydrogens (tertiary/aromatic N) is 3. The van der Waals surface area contributed by atoms with Gasteiger partial charge < -0.3 is 9.84 Å². The van der Waals surface area contributed by atoms with Crippen LogP contribution >= 0.6 is 0 Å². The molecule has 1 aliphatic rings. The van der Waals surface area contributed by atoms with E-state index in [1.165, 1.54) is 32.9 Å². The van der Waals surface area contributed by atoms with Crippen LogP contribution < -0.4 is 0 Å². The van der Waals surface area contributed by atoms with E-state index in [1.807, 2.05) is 0 Å². The summed E-state index contributed by atoms with van der Waals surface area (Å²) in [5.74, 6) is 0. The Morgan fingerprint density at radius 2 is 1.60 bits per heavy atom. The summed E-state index contributed by atoms with van der Waals surface area (Å²) < 4.78 is 55.9. The minimum Gasteiger partial charge on any atom is -0.465 e. The molecule has 0 radical (unpaired) electrons. The van der Waals surface area contributed by atoms with Crippen molar-refractivity contribution in [2.75, 3.05) is 19.3 Å². The monoisotopic (exact) mass is 463 g/mol. The first-order valence-electron chi connectivity index (χ1n) is 8.46. The molecule has 0 spiro atoms. The molecule has 1 aliphatic heterocycles. The number of rotatable bonds is 4. The molecule has 1 aromatic carbocycles. The first-order chi connectivity index (χ1) is 13.6. The molecule has 0 aliphatic carbocycles. The second-order valence-electron chi connectivity index (χ2n) is 7.29. The van der Waals surface area contributed by atoms with E-state index in [2.05, 4.69) is 0 Å². The normalized spacial score (nSPS) is 15.3. The van der Waals surface area contributed by atoms with Gasteiger partial charge in [-0.05, 0) is 32.9 Å². The zero-order chi connectivity index (χ0) is 23.1. The van der Waals surface area contributed by atoms with Gasteiger partial charge >= 0.3 is 18.2 Å². The molecule has 14 heteroatoms. The highest BCUT2D eigenvalue weighted by Gasteiger charge is 2.47. The van der Waals surface area contributed by atoms with Crippen molar-refractivity contribution < 1.29 is 41.1 Å². The molecule has 0 saturated carbocycles. The molecule has 0 atom stereocenters. The van der Waals surface area contributed by atoms with Gasteiger partial charge in [0.2, 0.25) is 0 Å². The Kier molecular flexibility index (Phi) is 6.05. The van der Waals surface area contributed by atoms with Gasteiger partial charge in [0.1, 0.15) is 10.5 Å². The van der Waals surface area contributed by atoms with E-state index in [0.29, 0.717) is 9.91 Å². The number of amides is 4. The standard InChI is InChI=1S/C16H21N3O9S2/c1-16(2,3)28-15(23)19(18-10-9-17(13(18)20)14(21)22)30(26,27)12-8-6-5-7-11(12)29(4,24)25/h5-8H,9-10H2,1-4H3,(H,21,22). The summed E-state index contributed by atoms with van der Waals surface area (Å²) in [7, 11) is -9.02. The minimum atomic E-state index is -4.99. The fraction of sp³-hybridized carbons (Fsp3) is 0.438. The fourth-order valence-electron chi connectivity index (χ4n) is 2.56. The van der Waals surface area contributed by atoms with E-state index in [4.69, 9.17) is 9.84 Å². The molecule has 0 unspecified atom stereocenters. The number of carboxylic acid groups (broad SMARTS) is 1. The van der Waals surface area contributed by atoms with Crippen molar-refractivity contribution >= 4 is 38.1 Å². The Morgan fingerprint density at radius 1 is 1.07 bits per heavy atom. The van der Waals surface area contributed by atoms with Gasteiger partial charge in [0.15, 0.2) is 9.84 Å². The lowest BCUT2D eigenvalue weighted by Gasteiger charge is -2.32. The first-order valence-corrected chi connectivity index (χ1v) is 11.8. The zero-order valence-corrected chi connectivity index (χ0v) is 18.2. The largest absolute Gasteiger partial charge is 0.465 e. The summed E-state index contributed by atoms with van der Waals surface area (Å²) in [5, 5.41) is 9.48. The zero-order valence-electron chi connectivity index (χ0n) is 16.6. The molecule has 12 nitrogen and oxygen atoms in total. The van der Waals surface area contributed by atoms with Crippen molar-refractivity contribution in [2.24, 2.45) is 0 Å². The lowest BCUT2D eigenvalue weighted by atomic mass is 10.2. The molecule has 1 heterocycles. The highest BCUT2D eigenvalue weighted by atomic mass is 32.2. The number of carbonyl (C=O) groups is 3. The number of urea groups is 1. The number of ether oxygens (including phenoxy) is 1. The van der Waals surface area contributed by atoms with E-state index in [-0.39, 0.29) is 4.41 Å². The van der Waals surface area contributed by atoms with Crippen LogP contribution in [0.15, 0.2) is 34.1 Å². The first kappa shape index (κ1) is 23.4. The highest BCUT2D eigenvalue weighted by Crippen LogP contribution is 2.28. The lowest BCUT2D eigenvalue weighted by Crippen LogP contribution is -2.53. The van der Waals surface area contributed by atoms with Crippen LogP contribution in [0.4, 0.5) is 14.4 Å². The van der Waals surface area contributed by atoms with E-state index >= 15 is 0 Å². The van der Waals surface area contributed by atoms with E-state index in [9.17, 15) is 31.2 Å². The maximum atomic E-state index is 13.3. The number of sulfone groups is 1. The van der Waals surface area contributed by atoms with Gasteiger partial charge in [-0.15, -0.1) is 0 Å². The fourth-order valence-corrected chi connectivity index (χ4v) is 5.49. The SMILES string of the molecule is CC(C)(C)OC(=O)N(N1CCN(C(=O)O)C1=O)S(=O)(=O)c1ccccc1S(C)(=O)=O. The van der Waals surface area contributed by atoms with Crippen LogP contribution in [-0.2, 0) is 24.6 Å². The summed E-state index contributed by atoms with van der Waals surface area (Å²) in [4.78, 5) is 35.4. The van der Waals surface area contributed by atoms with Crippen molar-refractivity contribution in [3.8, 4) is 0 Å². The third-order valence-electron chi connectivity index (χ3n) is 3.74. The Balaban J connectivity index is 2.68. The number of hydrogen-bond acceptors (Lipinski definition) is 8. The van der Waals surface area contributed by atoms with E-state index in [1.54, 1.807) is 0 Å². The number of sulfonamides is 1. The number of carbonyl (C=O) groups excluding carboxylic acids is 2. The summed E-state index contributed by atoms with van der Waals surface area (Å²) >= 11 is 0. The summed E-state index contributed by atoms with van der Waals surface area (Å²) in [6.45, 7) is 3.49. The van der Waals surface area contributed by atoms with Crippen LogP contribution in [0.25, 0.3) is 0 Å². The van der Waals surface area contributed by atoms with Crippen molar-refractivity contribution in [1.82, 2.24) is 14.3 Å². The third kappa shape index (κ3) is 4.64. The summed E-state index contributed by atoms with van der Waals surface area (Å²) in [6, 6.07) is 3.22. The van der Waals surface area contributed by atoms with Gasteiger partial charge in [-0.1, -0.05) is 16.5 Å². The van der Waals surface area contributed by atoms with Crippen molar-refractivity contribution in [1.29, 1.82) is 0 Å². The molecular formula is C16H21N3O9S2. The number of benzene rings is 1. The summed E-state index contributed by atoms with van der Waals surface area (Å²) in [5.41, 5.74) is -1.17. The van der Waals surface area contributed by atoms with Crippen LogP contribution in [-0.4, -0.2) is 79.4 Å². The van der Waals surface area contributed by atoms with Gasteiger partial charge in [0.05, 0.1) is 18.0 Å². The van der Waals surface area contributed by atoms with Gasteiger partial charge in [-0.25, -0.2) is 32.7 Å². The Morgan fingerprint density at radius 3 is 2.03 bits per heavy atom. The molecular weight excluding hydrogens is 442 g/mol. The van der Waals surface area contributed by atoms with Gasteiger partial charge in [0.25, 0.3) is 10.0 Å². The maximum absolute atomic E-state index is 13.3. The average molecular weight is 463 g/mol. The van der Waals surface area contributed by atoms with Crippen LogP contribution in [0.2, 0.25) is 0 Å². The molecule has 2 rings (SSSR count). The lowest BCUT2D eigenvalue weighted by molar-refractivity contribution is 0.00868. The molecule has 0 bridgehead atoms. The second-order valence-corrected chi connectivity index (χ2v) is 11.0. The topological polar surface area (TPSA) is 159 Å². The molecule has 30 heavy (non-hydrogen) atoms. The quantitative estimate of drug-likeness (QED) is 0.695. The van der Waals surface area contributed by atoms with Crippen molar-refractivity contribution in [3.05, 3.63) is 24.3 Å². The number of imide groups is 1. The van der Waals surface area contributed by atoms with Crippen molar-refractivity contribution in [3.63, 3.8) is 0 Å². The molecule has 1 fully saturated rings. The van der Waals surface area contributed by atoms with E-state index < -0.39 is 66.6 Å². The molecule has 1 saturated heterocycles. The van der Waals surface area contributed by atoms with Crippen molar-refractivity contribution in [2.45, 2.75) is 36.2 Å². The van der Waals surface area contributed by atoms with Crippen LogP contribution in [0.1, 0.15) is 20.8 Å². The number of hydrogen-bond donors (Lipinski definition) is 1. The Bertz CT molecular complexity index is 1090. The highest BCUT2D eigenvalue weighted by molar-refractivity contribution is 7.93. The van der Waals surface area contributed by atoms with Crippen LogP contribution in [0, 0.1) is 0 Å². The minimum absolute atomic E-state index is 0.0342. The molecule has 0 aromatic heterocycles. The van der Waals surface area contributed by atoms with Gasteiger partial charge in [-0.3, -0.25) is 0 Å². The molecule has 4 amide bonds. The molecule has 1 aromatic rings. The molecule has 1 N–H and O–H groups in total. The Labute approximate surface area is 173 Å². The Hall–Kier alpha value is -2.87. The maximum Gasteiger partial charge on any atom is 0.444 e. The summed E-state index contributed by atoms with van der Waals surface area (Å²) in [6.07, 6.45) is -2.35. The van der Waals surface area contributed by atoms with Crippen LogP contribution in [0.5, 0.6) is 0 Å². The van der Waals surface area contributed by atoms with Gasteiger partial charge in [-0.2, -0.15) is 8.42 Å².